The largest absolute Gasteiger partial charge is 0.315 e. The normalized spacial score (nSPS) is 11.2. The number of benzene rings is 1. The molecular formula is C16H22N2S. The lowest BCUT2D eigenvalue weighted by atomic mass is 10.1. The van der Waals surface area contributed by atoms with Gasteiger partial charge in [-0.15, -0.1) is 11.3 Å². The monoisotopic (exact) mass is 274 g/mol. The Hall–Kier alpha value is -1.19. The molecule has 0 unspecified atom stereocenters. The molecule has 0 radical (unpaired) electrons. The predicted octanol–water partition coefficient (Wildman–Crippen LogP) is 4.04. The van der Waals surface area contributed by atoms with Crippen molar-refractivity contribution >= 4 is 11.3 Å². The van der Waals surface area contributed by atoms with Crippen molar-refractivity contribution in [1.82, 2.24) is 10.3 Å². The second-order valence-electron chi connectivity index (χ2n) is 5.39. The van der Waals surface area contributed by atoms with Crippen molar-refractivity contribution < 1.29 is 0 Å². The molecule has 0 aliphatic carbocycles. The van der Waals surface area contributed by atoms with Gasteiger partial charge < -0.3 is 5.32 Å². The summed E-state index contributed by atoms with van der Waals surface area (Å²) in [7, 11) is 1.99. The molecule has 1 aromatic carbocycles. The van der Waals surface area contributed by atoms with Gasteiger partial charge in [0, 0.05) is 17.0 Å². The molecule has 0 amide bonds. The Kier molecular flexibility index (Phi) is 4.72. The van der Waals surface area contributed by atoms with Crippen LogP contribution in [0.1, 0.15) is 30.0 Å². The maximum absolute atomic E-state index is 4.86. The number of nitrogens with zero attached hydrogens (tertiary/aromatic N) is 1. The molecule has 102 valence electrons. The maximum Gasteiger partial charge on any atom is 0.123 e. The van der Waals surface area contributed by atoms with E-state index in [9.17, 15) is 0 Å². The minimum absolute atomic E-state index is 0.642. The van der Waals surface area contributed by atoms with E-state index in [-0.39, 0.29) is 0 Å². The molecule has 0 saturated heterocycles. The molecule has 0 aliphatic heterocycles. The zero-order valence-corrected chi connectivity index (χ0v) is 13.0. The van der Waals surface area contributed by atoms with Crippen LogP contribution in [0.15, 0.2) is 24.3 Å². The van der Waals surface area contributed by atoms with Crippen LogP contribution in [0.25, 0.3) is 10.6 Å². The van der Waals surface area contributed by atoms with Crippen molar-refractivity contribution in [1.29, 1.82) is 0 Å². The molecule has 1 aromatic heterocycles. The Bertz CT molecular complexity index is 543. The van der Waals surface area contributed by atoms with E-state index in [1.54, 1.807) is 0 Å². The first-order chi connectivity index (χ1) is 9.10. The molecule has 2 rings (SSSR count). The molecule has 2 nitrogen and oxygen atoms in total. The molecule has 1 heterocycles. The molecule has 0 atom stereocenters. The quantitative estimate of drug-likeness (QED) is 0.890. The summed E-state index contributed by atoms with van der Waals surface area (Å²) in [5, 5.41) is 4.39. The van der Waals surface area contributed by atoms with Gasteiger partial charge in [0.15, 0.2) is 0 Å². The molecule has 0 saturated carbocycles. The maximum atomic E-state index is 4.86. The van der Waals surface area contributed by atoms with Gasteiger partial charge in [0.25, 0.3) is 0 Å². The summed E-state index contributed by atoms with van der Waals surface area (Å²) in [6, 6.07) is 8.59. The summed E-state index contributed by atoms with van der Waals surface area (Å²) in [5.41, 5.74) is 3.77. The number of thiazole rings is 1. The minimum Gasteiger partial charge on any atom is -0.315 e. The summed E-state index contributed by atoms with van der Waals surface area (Å²) in [5.74, 6) is 0.642. The Morgan fingerprint density at radius 2 is 2.11 bits per heavy atom. The van der Waals surface area contributed by atoms with Crippen LogP contribution in [0.3, 0.4) is 0 Å². The van der Waals surface area contributed by atoms with Gasteiger partial charge in [-0.1, -0.05) is 37.6 Å². The highest BCUT2D eigenvalue weighted by Crippen LogP contribution is 2.29. The van der Waals surface area contributed by atoms with Crippen LogP contribution in [0.4, 0.5) is 0 Å². The van der Waals surface area contributed by atoms with Crippen LogP contribution < -0.4 is 5.32 Å². The molecule has 0 fully saturated rings. The lowest BCUT2D eigenvalue weighted by molar-refractivity contribution is 0.631. The molecular weight excluding hydrogens is 252 g/mol. The second-order valence-corrected chi connectivity index (χ2v) is 6.47. The summed E-state index contributed by atoms with van der Waals surface area (Å²) in [6.45, 7) is 7.52. The van der Waals surface area contributed by atoms with Crippen molar-refractivity contribution in [2.24, 2.45) is 5.92 Å². The minimum atomic E-state index is 0.642. The third kappa shape index (κ3) is 3.64. The average Bonchev–Trinajstić information content (AvgIpc) is 2.72. The van der Waals surface area contributed by atoms with Gasteiger partial charge in [-0.05, 0) is 32.4 Å². The van der Waals surface area contributed by atoms with Crippen molar-refractivity contribution in [3.05, 3.63) is 40.4 Å². The molecule has 2 aromatic rings. The van der Waals surface area contributed by atoms with Crippen molar-refractivity contribution in [3.63, 3.8) is 0 Å². The first kappa shape index (κ1) is 14.2. The molecule has 3 heteroatoms. The van der Waals surface area contributed by atoms with Crippen molar-refractivity contribution in [2.75, 3.05) is 7.05 Å². The van der Waals surface area contributed by atoms with Crippen LogP contribution in [0.5, 0.6) is 0 Å². The SMILES string of the molecule is CNCc1sc(-c2cccc(C)c2)nc1CC(C)C. The van der Waals surface area contributed by atoms with Crippen LogP contribution in [-0.4, -0.2) is 12.0 Å². The van der Waals surface area contributed by atoms with E-state index in [0.717, 1.165) is 18.0 Å². The number of rotatable bonds is 5. The van der Waals surface area contributed by atoms with E-state index in [0.29, 0.717) is 5.92 Å². The van der Waals surface area contributed by atoms with Gasteiger partial charge in [-0.2, -0.15) is 0 Å². The van der Waals surface area contributed by atoms with Crippen LogP contribution in [0, 0.1) is 12.8 Å². The van der Waals surface area contributed by atoms with Crippen LogP contribution in [-0.2, 0) is 13.0 Å². The fourth-order valence-corrected chi connectivity index (χ4v) is 3.23. The highest BCUT2D eigenvalue weighted by molar-refractivity contribution is 7.15. The topological polar surface area (TPSA) is 24.9 Å². The van der Waals surface area contributed by atoms with Crippen molar-refractivity contribution in [3.8, 4) is 10.6 Å². The van der Waals surface area contributed by atoms with E-state index < -0.39 is 0 Å². The standard InChI is InChI=1S/C16H22N2S/c1-11(2)8-14-15(10-17-4)19-16(18-14)13-7-5-6-12(3)9-13/h5-7,9,11,17H,8,10H2,1-4H3. The molecule has 0 aliphatic rings. The first-order valence-electron chi connectivity index (χ1n) is 6.80. The van der Waals surface area contributed by atoms with Gasteiger partial charge in [0.1, 0.15) is 5.01 Å². The fourth-order valence-electron chi connectivity index (χ4n) is 2.13. The van der Waals surface area contributed by atoms with Gasteiger partial charge in [0.2, 0.25) is 0 Å². The van der Waals surface area contributed by atoms with Crippen LogP contribution >= 0.6 is 11.3 Å². The van der Waals surface area contributed by atoms with E-state index in [1.807, 2.05) is 18.4 Å². The molecule has 1 N–H and O–H groups in total. The lowest BCUT2D eigenvalue weighted by Crippen LogP contribution is -2.07. The Morgan fingerprint density at radius 1 is 1.32 bits per heavy atom. The summed E-state index contributed by atoms with van der Waals surface area (Å²) in [6.07, 6.45) is 1.05. The Morgan fingerprint density at radius 3 is 2.74 bits per heavy atom. The predicted molar refractivity (Wildman–Crippen MR) is 83.6 cm³/mol. The summed E-state index contributed by atoms with van der Waals surface area (Å²) < 4.78 is 0. The smallest absolute Gasteiger partial charge is 0.123 e. The van der Waals surface area contributed by atoms with E-state index in [1.165, 1.54) is 21.7 Å². The number of hydrogen-bond donors (Lipinski definition) is 1. The second kappa shape index (κ2) is 6.31. The number of aromatic nitrogens is 1. The van der Waals surface area contributed by atoms with E-state index in [4.69, 9.17) is 4.98 Å². The van der Waals surface area contributed by atoms with Gasteiger partial charge >= 0.3 is 0 Å². The molecule has 19 heavy (non-hydrogen) atoms. The highest BCUT2D eigenvalue weighted by atomic mass is 32.1. The van der Waals surface area contributed by atoms with Crippen LogP contribution in [0.2, 0.25) is 0 Å². The first-order valence-corrected chi connectivity index (χ1v) is 7.62. The van der Waals surface area contributed by atoms with E-state index in [2.05, 4.69) is 50.4 Å². The lowest BCUT2D eigenvalue weighted by Gasteiger charge is -2.03. The Labute approximate surface area is 119 Å². The molecule has 0 bridgehead atoms. The fraction of sp³-hybridized carbons (Fsp3) is 0.438. The highest BCUT2D eigenvalue weighted by Gasteiger charge is 2.13. The van der Waals surface area contributed by atoms with Gasteiger partial charge in [-0.3, -0.25) is 0 Å². The molecule has 0 spiro atoms. The van der Waals surface area contributed by atoms with E-state index >= 15 is 0 Å². The summed E-state index contributed by atoms with van der Waals surface area (Å²) >= 11 is 1.81. The van der Waals surface area contributed by atoms with Gasteiger partial charge in [0.05, 0.1) is 5.69 Å². The van der Waals surface area contributed by atoms with Gasteiger partial charge in [-0.25, -0.2) is 4.98 Å². The zero-order valence-electron chi connectivity index (χ0n) is 12.2. The third-order valence-corrected chi connectivity index (χ3v) is 4.13. The number of hydrogen-bond acceptors (Lipinski definition) is 3. The average molecular weight is 274 g/mol. The number of nitrogens with one attached hydrogen (secondary N) is 1. The third-order valence-electron chi connectivity index (χ3n) is 2.98. The summed E-state index contributed by atoms with van der Waals surface area (Å²) in [4.78, 5) is 6.23. The van der Waals surface area contributed by atoms with Crippen molar-refractivity contribution in [2.45, 2.75) is 33.7 Å². The number of aryl methyl sites for hydroxylation is 1. The Balaban J connectivity index is 2.36. The zero-order chi connectivity index (χ0) is 13.8.